The molecule has 0 saturated heterocycles. The van der Waals surface area contributed by atoms with Crippen LogP contribution < -0.4 is 9.64 Å². The van der Waals surface area contributed by atoms with Gasteiger partial charge in [-0.2, -0.15) is 0 Å². The van der Waals surface area contributed by atoms with Crippen molar-refractivity contribution in [1.82, 2.24) is 4.90 Å². The molecular weight excluding hydrogens is 236 g/mol. The molecule has 0 fully saturated rings. The maximum atomic E-state index is 5.92. The summed E-state index contributed by atoms with van der Waals surface area (Å²) < 4.78 is 5.92. The molecule has 0 bridgehead atoms. The van der Waals surface area contributed by atoms with Gasteiger partial charge in [-0.15, -0.1) is 0 Å². The highest BCUT2D eigenvalue weighted by Crippen LogP contribution is 2.37. The largest absolute Gasteiger partial charge is 0.492 e. The van der Waals surface area contributed by atoms with Crippen LogP contribution in [0.3, 0.4) is 0 Å². The molecule has 3 rings (SSSR count). The van der Waals surface area contributed by atoms with Crippen molar-refractivity contribution in [3.8, 4) is 5.75 Å². The highest BCUT2D eigenvalue weighted by Gasteiger charge is 2.24. The Morgan fingerprint density at radius 2 is 1.74 bits per heavy atom. The van der Waals surface area contributed by atoms with Crippen LogP contribution in [-0.4, -0.2) is 45.2 Å². The summed E-state index contributed by atoms with van der Waals surface area (Å²) in [5.74, 6) is 1.07. The van der Waals surface area contributed by atoms with Gasteiger partial charge in [-0.25, -0.2) is 0 Å². The molecule has 2 aliphatic rings. The zero-order valence-corrected chi connectivity index (χ0v) is 12.1. The zero-order valence-electron chi connectivity index (χ0n) is 12.1. The van der Waals surface area contributed by atoms with Crippen LogP contribution in [0.5, 0.6) is 5.75 Å². The normalized spacial score (nSPS) is 17.5. The lowest BCUT2D eigenvalue weighted by Crippen LogP contribution is -2.34. The highest BCUT2D eigenvalue weighted by atomic mass is 16.5. The molecule has 1 aromatic carbocycles. The Bertz CT molecular complexity index is 425. The molecule has 0 N–H and O–H groups in total. The molecule has 1 aromatic rings. The second-order valence-electron chi connectivity index (χ2n) is 5.94. The van der Waals surface area contributed by atoms with Gasteiger partial charge in [0.1, 0.15) is 12.4 Å². The van der Waals surface area contributed by atoms with Crippen LogP contribution in [0.15, 0.2) is 12.1 Å². The second-order valence-corrected chi connectivity index (χ2v) is 5.94. The maximum Gasteiger partial charge on any atom is 0.120 e. The van der Waals surface area contributed by atoms with Crippen molar-refractivity contribution in [2.75, 3.05) is 45.2 Å². The van der Waals surface area contributed by atoms with Gasteiger partial charge >= 0.3 is 0 Å². The van der Waals surface area contributed by atoms with E-state index in [-0.39, 0.29) is 0 Å². The fourth-order valence-corrected chi connectivity index (χ4v) is 3.20. The predicted molar refractivity (Wildman–Crippen MR) is 79.3 cm³/mol. The number of aryl methyl sites for hydroxylation is 2. The third-order valence-electron chi connectivity index (χ3n) is 4.11. The van der Waals surface area contributed by atoms with Crippen molar-refractivity contribution >= 4 is 5.69 Å². The van der Waals surface area contributed by atoms with Crippen LogP contribution in [0, 0.1) is 0 Å². The molecule has 2 heterocycles. The van der Waals surface area contributed by atoms with E-state index >= 15 is 0 Å². The van der Waals surface area contributed by atoms with Gasteiger partial charge in [-0.05, 0) is 63.0 Å². The summed E-state index contributed by atoms with van der Waals surface area (Å²) >= 11 is 0. The average Bonchev–Trinajstić information content (AvgIpc) is 2.39. The van der Waals surface area contributed by atoms with E-state index in [1.165, 1.54) is 55.6 Å². The minimum Gasteiger partial charge on any atom is -0.492 e. The minimum atomic E-state index is 0.773. The molecule has 0 atom stereocenters. The molecule has 3 heteroatoms. The van der Waals surface area contributed by atoms with Crippen LogP contribution in [0.25, 0.3) is 0 Å². The molecule has 0 radical (unpaired) electrons. The van der Waals surface area contributed by atoms with Crippen molar-refractivity contribution in [3.63, 3.8) is 0 Å². The Labute approximate surface area is 116 Å². The highest BCUT2D eigenvalue weighted by molar-refractivity contribution is 5.65. The first-order valence-corrected chi connectivity index (χ1v) is 7.42. The van der Waals surface area contributed by atoms with Gasteiger partial charge in [0.25, 0.3) is 0 Å². The first-order chi connectivity index (χ1) is 9.24. The van der Waals surface area contributed by atoms with Crippen LogP contribution in [0.1, 0.15) is 24.0 Å². The number of anilines is 1. The first kappa shape index (κ1) is 12.8. The standard InChI is InChI=1S/C16H24N2O/c1-17(2)9-10-19-15-11-13-5-3-7-18-8-4-6-14(12-15)16(13)18/h11-12H,3-10H2,1-2H3. The van der Waals surface area contributed by atoms with E-state index in [9.17, 15) is 0 Å². The number of benzene rings is 1. The summed E-state index contributed by atoms with van der Waals surface area (Å²) in [6.07, 6.45) is 4.99. The van der Waals surface area contributed by atoms with Crippen molar-refractivity contribution in [2.24, 2.45) is 0 Å². The summed E-state index contributed by atoms with van der Waals surface area (Å²) in [6.45, 7) is 4.22. The van der Waals surface area contributed by atoms with Gasteiger partial charge in [0.05, 0.1) is 0 Å². The van der Waals surface area contributed by atoms with Gasteiger partial charge in [0.15, 0.2) is 0 Å². The number of ether oxygens (including phenoxy) is 1. The summed E-state index contributed by atoms with van der Waals surface area (Å²) in [6, 6.07) is 4.54. The monoisotopic (exact) mass is 260 g/mol. The van der Waals surface area contributed by atoms with E-state index in [0.29, 0.717) is 0 Å². The lowest BCUT2D eigenvalue weighted by molar-refractivity contribution is 0.261. The van der Waals surface area contributed by atoms with Crippen molar-refractivity contribution < 1.29 is 4.74 Å². The van der Waals surface area contributed by atoms with Crippen molar-refractivity contribution in [1.29, 1.82) is 0 Å². The Morgan fingerprint density at radius 3 is 2.32 bits per heavy atom. The third-order valence-corrected chi connectivity index (χ3v) is 4.11. The molecule has 19 heavy (non-hydrogen) atoms. The molecule has 0 amide bonds. The number of likely N-dealkylation sites (N-methyl/N-ethyl adjacent to an activating group) is 1. The second kappa shape index (κ2) is 5.41. The average molecular weight is 260 g/mol. The van der Waals surface area contributed by atoms with Crippen molar-refractivity contribution in [2.45, 2.75) is 25.7 Å². The van der Waals surface area contributed by atoms with Crippen LogP contribution in [0.4, 0.5) is 5.69 Å². The number of nitrogens with zero attached hydrogens (tertiary/aromatic N) is 2. The Hall–Kier alpha value is -1.22. The summed E-state index contributed by atoms with van der Waals surface area (Å²) in [7, 11) is 4.16. The molecule has 3 nitrogen and oxygen atoms in total. The van der Waals surface area contributed by atoms with Gasteiger partial charge in [-0.3, -0.25) is 0 Å². The lowest BCUT2D eigenvalue weighted by Gasteiger charge is -2.37. The van der Waals surface area contributed by atoms with E-state index in [4.69, 9.17) is 4.74 Å². The summed E-state index contributed by atoms with van der Waals surface area (Å²) in [5.41, 5.74) is 4.53. The van der Waals surface area contributed by atoms with E-state index in [1.807, 2.05) is 0 Å². The Morgan fingerprint density at radius 1 is 1.11 bits per heavy atom. The van der Waals surface area contributed by atoms with Crippen LogP contribution in [-0.2, 0) is 12.8 Å². The van der Waals surface area contributed by atoms with Crippen molar-refractivity contribution in [3.05, 3.63) is 23.3 Å². The van der Waals surface area contributed by atoms with Gasteiger partial charge in [0.2, 0.25) is 0 Å². The van der Waals surface area contributed by atoms with Crippen LogP contribution in [0.2, 0.25) is 0 Å². The molecule has 0 aromatic heterocycles. The minimum absolute atomic E-state index is 0.773. The zero-order chi connectivity index (χ0) is 13.2. The number of rotatable bonds is 4. The first-order valence-electron chi connectivity index (χ1n) is 7.42. The SMILES string of the molecule is CN(C)CCOc1cc2c3c(c1)CCCN3CCC2. The Balaban J connectivity index is 1.80. The summed E-state index contributed by atoms with van der Waals surface area (Å²) in [4.78, 5) is 4.73. The Kier molecular flexibility index (Phi) is 3.65. The predicted octanol–water partition coefficient (Wildman–Crippen LogP) is 2.33. The van der Waals surface area contributed by atoms with Crippen LogP contribution >= 0.6 is 0 Å². The number of hydrogen-bond acceptors (Lipinski definition) is 3. The topological polar surface area (TPSA) is 15.7 Å². The van der Waals surface area contributed by atoms with E-state index in [2.05, 4.69) is 36.0 Å². The molecular formula is C16H24N2O. The van der Waals surface area contributed by atoms with E-state index in [1.54, 1.807) is 0 Å². The lowest BCUT2D eigenvalue weighted by atomic mass is 9.92. The quantitative estimate of drug-likeness (QED) is 0.826. The molecule has 104 valence electrons. The van der Waals surface area contributed by atoms with E-state index < -0.39 is 0 Å². The van der Waals surface area contributed by atoms with Gasteiger partial charge in [0, 0.05) is 25.3 Å². The molecule has 0 aliphatic carbocycles. The third kappa shape index (κ3) is 2.71. The van der Waals surface area contributed by atoms with E-state index in [0.717, 1.165) is 18.9 Å². The fraction of sp³-hybridized carbons (Fsp3) is 0.625. The van der Waals surface area contributed by atoms with Gasteiger partial charge < -0.3 is 14.5 Å². The molecule has 0 unspecified atom stereocenters. The molecule has 0 saturated carbocycles. The molecule has 2 aliphatic heterocycles. The van der Waals surface area contributed by atoms with Gasteiger partial charge in [-0.1, -0.05) is 0 Å². The fourth-order valence-electron chi connectivity index (χ4n) is 3.20. The number of hydrogen-bond donors (Lipinski definition) is 0. The maximum absolute atomic E-state index is 5.92. The smallest absolute Gasteiger partial charge is 0.120 e. The summed E-state index contributed by atoms with van der Waals surface area (Å²) in [5, 5.41) is 0. The molecule has 0 spiro atoms.